The zero-order valence-corrected chi connectivity index (χ0v) is 12.3. The number of alkyl halides is 1. The number of hydrogen-bond donors (Lipinski definition) is 3. The van der Waals surface area contributed by atoms with Crippen LogP contribution in [0.3, 0.4) is 0 Å². The molecule has 0 amide bonds. The second-order valence-corrected chi connectivity index (χ2v) is 6.74. The van der Waals surface area contributed by atoms with Crippen molar-refractivity contribution in [3.05, 3.63) is 34.7 Å². The van der Waals surface area contributed by atoms with Crippen molar-refractivity contribution in [2.75, 3.05) is 0 Å². The van der Waals surface area contributed by atoms with E-state index in [9.17, 15) is 13.8 Å². The number of pyridine rings is 1. The van der Waals surface area contributed by atoms with E-state index in [4.69, 9.17) is 14.9 Å². The summed E-state index contributed by atoms with van der Waals surface area (Å²) in [5.41, 5.74) is 0.426. The summed E-state index contributed by atoms with van der Waals surface area (Å²) in [5.74, 6) is -2.21. The van der Waals surface area contributed by atoms with Crippen molar-refractivity contribution in [2.45, 2.75) is 11.8 Å². The van der Waals surface area contributed by atoms with Crippen molar-refractivity contribution in [3.63, 3.8) is 0 Å². The molecule has 1 atom stereocenters. The van der Waals surface area contributed by atoms with E-state index in [1.54, 1.807) is 12.1 Å². The number of halogens is 2. The highest BCUT2D eigenvalue weighted by Gasteiger charge is 2.55. The van der Waals surface area contributed by atoms with Gasteiger partial charge in [-0.15, -0.1) is 0 Å². The van der Waals surface area contributed by atoms with Crippen LogP contribution in [0.5, 0.6) is 0 Å². The van der Waals surface area contributed by atoms with Gasteiger partial charge in [-0.2, -0.15) is 0 Å². The molecule has 0 saturated heterocycles. The highest BCUT2D eigenvalue weighted by Crippen LogP contribution is 2.53. The Morgan fingerprint density at radius 1 is 1.55 bits per heavy atom. The Morgan fingerprint density at radius 2 is 2.20 bits per heavy atom. The molecule has 7 nitrogen and oxygen atoms in total. The Morgan fingerprint density at radius 3 is 2.75 bits per heavy atom. The van der Waals surface area contributed by atoms with Crippen LogP contribution in [-0.2, 0) is 15.8 Å². The first-order valence-electron chi connectivity index (χ1n) is 5.25. The first-order valence-corrected chi connectivity index (χ1v) is 7.66. The fourth-order valence-electron chi connectivity index (χ4n) is 1.70. The lowest BCUT2D eigenvalue weighted by Crippen LogP contribution is -2.36. The second kappa shape index (κ2) is 4.92. The summed E-state index contributed by atoms with van der Waals surface area (Å²) >= 11 is 3.21. The molecule has 0 aromatic carbocycles. The highest BCUT2D eigenvalue weighted by atomic mass is 79.9. The van der Waals surface area contributed by atoms with Gasteiger partial charge in [0.15, 0.2) is 5.65 Å². The van der Waals surface area contributed by atoms with E-state index in [2.05, 4.69) is 20.9 Å². The van der Waals surface area contributed by atoms with Crippen LogP contribution in [0.25, 0.3) is 5.65 Å². The monoisotopic (exact) mass is 366 g/mol. The fraction of sp³-hybridized carbons (Fsp3) is 0.200. The number of hydrogen-bond acceptors (Lipinski definition) is 3. The molecule has 20 heavy (non-hydrogen) atoms. The van der Waals surface area contributed by atoms with Crippen LogP contribution < -0.4 is 0 Å². The summed E-state index contributed by atoms with van der Waals surface area (Å²) in [6, 6.07) is 3.27. The molecule has 0 aliphatic carbocycles. The summed E-state index contributed by atoms with van der Waals surface area (Å²) in [7, 11) is -5.49. The molecule has 1 unspecified atom stereocenters. The number of carboxylic acids is 1. The molecule has 0 aliphatic heterocycles. The maximum atomic E-state index is 14.2. The minimum atomic E-state index is -5.49. The zero-order valence-electron chi connectivity index (χ0n) is 9.77. The third kappa shape index (κ3) is 2.37. The molecule has 2 aromatic rings. The summed E-state index contributed by atoms with van der Waals surface area (Å²) in [4.78, 5) is 32.7. The molecule has 108 valence electrons. The molecule has 10 heteroatoms. The van der Waals surface area contributed by atoms with Gasteiger partial charge in [-0.3, -0.25) is 4.57 Å². The van der Waals surface area contributed by atoms with Crippen LogP contribution >= 0.6 is 23.5 Å². The molecule has 0 radical (unpaired) electrons. The summed E-state index contributed by atoms with van der Waals surface area (Å²) in [6.45, 7) is 0. The number of aromatic nitrogens is 2. The predicted molar refractivity (Wildman–Crippen MR) is 70.1 cm³/mol. The first-order chi connectivity index (χ1) is 9.17. The van der Waals surface area contributed by atoms with Gasteiger partial charge in [-0.05, 0) is 28.1 Å². The summed E-state index contributed by atoms with van der Waals surface area (Å²) in [5, 5.41) is 5.10. The Balaban J connectivity index is 2.53. The zero-order chi connectivity index (χ0) is 15.1. The van der Waals surface area contributed by atoms with Gasteiger partial charge in [0.05, 0.1) is 4.47 Å². The van der Waals surface area contributed by atoms with Gasteiger partial charge in [-0.1, -0.05) is 0 Å². The molecule has 2 rings (SSSR count). The van der Waals surface area contributed by atoms with Crippen LogP contribution in [0.15, 0.2) is 29.0 Å². The van der Waals surface area contributed by atoms with Crippen molar-refractivity contribution < 1.29 is 28.6 Å². The third-order valence-corrected chi connectivity index (χ3v) is 4.66. The molecule has 2 aromatic heterocycles. The van der Waals surface area contributed by atoms with Crippen molar-refractivity contribution >= 4 is 35.1 Å². The number of carboxylic acid groups (broad SMARTS) is 1. The lowest BCUT2D eigenvalue weighted by atomic mass is 10.2. The first kappa shape index (κ1) is 15.1. The number of nitrogens with zero attached hydrogens (tertiary/aromatic N) is 2. The maximum absolute atomic E-state index is 14.2. The molecule has 0 bridgehead atoms. The maximum Gasteiger partial charge on any atom is 0.374 e. The SMILES string of the molecule is O=C(O)C(F)(Cc1cnc2c(Br)cccn12)P(=O)(O)O. The van der Waals surface area contributed by atoms with E-state index in [0.29, 0.717) is 10.1 Å². The van der Waals surface area contributed by atoms with E-state index in [0.717, 1.165) is 0 Å². The van der Waals surface area contributed by atoms with Crippen molar-refractivity contribution in [2.24, 2.45) is 0 Å². The Kier molecular flexibility index (Phi) is 3.72. The normalized spacial score (nSPS) is 15.2. The van der Waals surface area contributed by atoms with E-state index in [1.807, 2.05) is 0 Å². The molecule has 2 heterocycles. The molecule has 0 fully saturated rings. The molecular weight excluding hydrogens is 358 g/mol. The average molecular weight is 367 g/mol. The lowest BCUT2D eigenvalue weighted by Gasteiger charge is -2.21. The standard InChI is InChI=1S/C10H9BrFN2O5P/c11-7-2-1-3-14-6(5-13-8(7)14)4-10(12,9(15)16)20(17,18)19/h1-3,5H,4H2,(H,15,16)(H2,17,18,19). The van der Waals surface area contributed by atoms with E-state index >= 15 is 0 Å². The number of fused-ring (bicyclic) bond motifs is 1. The van der Waals surface area contributed by atoms with Gasteiger partial charge in [0, 0.05) is 24.5 Å². The van der Waals surface area contributed by atoms with Crippen molar-refractivity contribution in [1.29, 1.82) is 0 Å². The average Bonchev–Trinajstić information content (AvgIpc) is 2.72. The fourth-order valence-corrected chi connectivity index (χ4v) is 2.76. The Bertz CT molecular complexity index is 730. The predicted octanol–water partition coefficient (Wildman–Crippen LogP) is 1.57. The molecular formula is C10H9BrFN2O5P. The topological polar surface area (TPSA) is 112 Å². The van der Waals surface area contributed by atoms with Gasteiger partial charge < -0.3 is 19.3 Å². The Hall–Kier alpha value is -1.28. The van der Waals surface area contributed by atoms with E-state index < -0.39 is 25.4 Å². The van der Waals surface area contributed by atoms with Crippen LogP contribution in [0.4, 0.5) is 4.39 Å². The molecule has 0 saturated carbocycles. The van der Waals surface area contributed by atoms with Gasteiger partial charge in [-0.25, -0.2) is 14.2 Å². The van der Waals surface area contributed by atoms with Crippen LogP contribution in [0.1, 0.15) is 5.69 Å². The minimum absolute atomic E-state index is 0.0366. The van der Waals surface area contributed by atoms with Gasteiger partial charge in [0.25, 0.3) is 0 Å². The van der Waals surface area contributed by atoms with Crippen LogP contribution in [-0.4, -0.2) is 35.7 Å². The number of rotatable bonds is 4. The minimum Gasteiger partial charge on any atom is -0.478 e. The van der Waals surface area contributed by atoms with Gasteiger partial charge >= 0.3 is 19.0 Å². The van der Waals surface area contributed by atoms with Crippen LogP contribution in [0.2, 0.25) is 0 Å². The van der Waals surface area contributed by atoms with Crippen molar-refractivity contribution in [3.8, 4) is 0 Å². The molecule has 3 N–H and O–H groups in total. The largest absolute Gasteiger partial charge is 0.478 e. The Labute approximate surface area is 120 Å². The quantitative estimate of drug-likeness (QED) is 0.708. The van der Waals surface area contributed by atoms with Gasteiger partial charge in [0.1, 0.15) is 0 Å². The van der Waals surface area contributed by atoms with Crippen LogP contribution in [0, 0.1) is 0 Å². The van der Waals surface area contributed by atoms with Crippen molar-refractivity contribution in [1.82, 2.24) is 9.38 Å². The van der Waals surface area contributed by atoms with Gasteiger partial charge in [0.2, 0.25) is 0 Å². The number of carbonyl (C=O) groups is 1. The summed E-state index contributed by atoms with van der Waals surface area (Å²) in [6.07, 6.45) is 1.67. The second-order valence-electron chi connectivity index (χ2n) is 4.08. The molecule has 0 spiro atoms. The molecule has 0 aliphatic rings. The lowest BCUT2D eigenvalue weighted by molar-refractivity contribution is -0.146. The smallest absolute Gasteiger partial charge is 0.374 e. The third-order valence-electron chi connectivity index (χ3n) is 2.77. The highest BCUT2D eigenvalue weighted by molar-refractivity contribution is 9.10. The van der Waals surface area contributed by atoms with E-state index in [-0.39, 0.29) is 5.69 Å². The summed E-state index contributed by atoms with van der Waals surface area (Å²) < 4.78 is 27.3. The number of imidazole rings is 1. The number of aliphatic carboxylic acids is 1. The van der Waals surface area contributed by atoms with E-state index in [1.165, 1.54) is 16.8 Å².